The summed E-state index contributed by atoms with van der Waals surface area (Å²) in [4.78, 5) is 3.68. The van der Waals surface area contributed by atoms with Gasteiger partial charge in [0.15, 0.2) is 0 Å². The highest BCUT2D eigenvalue weighted by atomic mass is 35.5. The first-order valence-electron chi connectivity index (χ1n) is 5.14. The van der Waals surface area contributed by atoms with Crippen LogP contribution in [0, 0.1) is 6.92 Å². The third kappa shape index (κ3) is 2.90. The number of hydrogen-bond donors (Lipinski definition) is 1. The van der Waals surface area contributed by atoms with E-state index >= 15 is 0 Å². The average molecular weight is 287 g/mol. The molecule has 96 valence electrons. The van der Waals surface area contributed by atoms with Gasteiger partial charge in [0.2, 0.25) is 10.0 Å². The van der Waals surface area contributed by atoms with Crippen LogP contribution in [0.2, 0.25) is 5.15 Å². The van der Waals surface area contributed by atoms with Gasteiger partial charge in [0, 0.05) is 6.20 Å². The number of hydrogen-bond acceptors (Lipinski definition) is 4. The van der Waals surface area contributed by atoms with E-state index in [1.54, 1.807) is 19.1 Å². The van der Waals surface area contributed by atoms with Crippen molar-refractivity contribution in [2.24, 2.45) is 0 Å². The van der Waals surface area contributed by atoms with Crippen molar-refractivity contribution in [2.75, 3.05) is 0 Å². The number of nitrogens with one attached hydrogen (secondary N) is 1. The van der Waals surface area contributed by atoms with Crippen molar-refractivity contribution in [3.8, 4) is 0 Å². The van der Waals surface area contributed by atoms with Gasteiger partial charge in [-0.15, -0.1) is 0 Å². The van der Waals surface area contributed by atoms with Crippen molar-refractivity contribution in [1.29, 1.82) is 0 Å². The molecule has 7 heteroatoms. The summed E-state index contributed by atoms with van der Waals surface area (Å²) < 4.78 is 31.6. The van der Waals surface area contributed by atoms with E-state index in [1.165, 1.54) is 18.3 Å². The molecule has 2 rings (SSSR count). The number of sulfonamides is 1. The van der Waals surface area contributed by atoms with Crippen molar-refractivity contribution in [1.82, 2.24) is 9.71 Å². The first-order valence-corrected chi connectivity index (χ1v) is 7.00. The van der Waals surface area contributed by atoms with Gasteiger partial charge in [-0.25, -0.2) is 18.1 Å². The molecule has 0 spiro atoms. The first-order chi connectivity index (χ1) is 8.49. The number of halogens is 1. The summed E-state index contributed by atoms with van der Waals surface area (Å²) in [5.41, 5.74) is 0. The van der Waals surface area contributed by atoms with Gasteiger partial charge in [-0.05, 0) is 31.2 Å². The SMILES string of the molecule is Cc1ccc(CNS(=O)(=O)c2cccnc2Cl)o1. The zero-order chi connectivity index (χ0) is 13.2. The van der Waals surface area contributed by atoms with E-state index in [1.807, 2.05) is 0 Å². The van der Waals surface area contributed by atoms with E-state index in [2.05, 4.69) is 9.71 Å². The lowest BCUT2D eigenvalue weighted by Crippen LogP contribution is -2.23. The monoisotopic (exact) mass is 286 g/mol. The molecule has 0 saturated heterocycles. The van der Waals surface area contributed by atoms with Crippen molar-refractivity contribution >= 4 is 21.6 Å². The van der Waals surface area contributed by atoms with Gasteiger partial charge in [-0.3, -0.25) is 0 Å². The van der Waals surface area contributed by atoms with Crippen LogP contribution >= 0.6 is 11.6 Å². The first kappa shape index (κ1) is 13.1. The Kier molecular flexibility index (Phi) is 3.70. The lowest BCUT2D eigenvalue weighted by atomic mass is 10.4. The van der Waals surface area contributed by atoms with E-state index in [4.69, 9.17) is 16.0 Å². The number of furan rings is 1. The van der Waals surface area contributed by atoms with E-state index in [9.17, 15) is 8.42 Å². The number of nitrogens with zero attached hydrogens (tertiary/aromatic N) is 1. The minimum Gasteiger partial charge on any atom is -0.465 e. The largest absolute Gasteiger partial charge is 0.465 e. The maximum atomic E-state index is 12.0. The number of pyridine rings is 1. The van der Waals surface area contributed by atoms with Crippen molar-refractivity contribution in [3.63, 3.8) is 0 Å². The van der Waals surface area contributed by atoms with Gasteiger partial charge in [0.05, 0.1) is 6.54 Å². The van der Waals surface area contributed by atoms with Crippen molar-refractivity contribution in [3.05, 3.63) is 47.1 Å². The molecule has 0 fully saturated rings. The van der Waals surface area contributed by atoms with Gasteiger partial charge in [-0.2, -0.15) is 0 Å². The second kappa shape index (κ2) is 5.09. The van der Waals surface area contributed by atoms with Crippen LogP contribution < -0.4 is 4.72 Å². The number of rotatable bonds is 4. The van der Waals surface area contributed by atoms with Crippen LogP contribution in [0.5, 0.6) is 0 Å². The Morgan fingerprint density at radius 2 is 2.17 bits per heavy atom. The minimum atomic E-state index is -3.68. The third-order valence-electron chi connectivity index (χ3n) is 2.25. The zero-order valence-electron chi connectivity index (χ0n) is 9.55. The fourth-order valence-electron chi connectivity index (χ4n) is 1.40. The predicted octanol–water partition coefficient (Wildman–Crippen LogP) is 2.11. The summed E-state index contributed by atoms with van der Waals surface area (Å²) >= 11 is 5.74. The highest BCUT2D eigenvalue weighted by Crippen LogP contribution is 2.18. The molecule has 0 amide bonds. The fraction of sp³-hybridized carbons (Fsp3) is 0.182. The molecule has 0 atom stereocenters. The van der Waals surface area contributed by atoms with Crippen molar-refractivity contribution in [2.45, 2.75) is 18.4 Å². The summed E-state index contributed by atoms with van der Waals surface area (Å²) in [7, 11) is -3.68. The molecule has 0 aliphatic carbocycles. The van der Waals surface area contributed by atoms with Crippen LogP contribution in [0.25, 0.3) is 0 Å². The molecular weight excluding hydrogens is 276 g/mol. The van der Waals surface area contributed by atoms with Gasteiger partial charge < -0.3 is 4.42 Å². The Balaban J connectivity index is 2.16. The van der Waals surface area contributed by atoms with Crippen LogP contribution in [-0.2, 0) is 16.6 Å². The second-order valence-electron chi connectivity index (χ2n) is 3.63. The summed E-state index contributed by atoms with van der Waals surface area (Å²) in [5.74, 6) is 1.26. The molecule has 1 N–H and O–H groups in total. The average Bonchev–Trinajstić information content (AvgIpc) is 2.73. The smallest absolute Gasteiger partial charge is 0.244 e. The normalized spacial score (nSPS) is 11.7. The molecule has 0 bridgehead atoms. The van der Waals surface area contributed by atoms with Crippen LogP contribution in [0.1, 0.15) is 11.5 Å². The standard InChI is InChI=1S/C11H11ClN2O3S/c1-8-4-5-9(17-8)7-14-18(15,16)10-3-2-6-13-11(10)12/h2-6,14H,7H2,1H3. The molecule has 2 heterocycles. The molecule has 0 saturated carbocycles. The highest BCUT2D eigenvalue weighted by molar-refractivity contribution is 7.89. The molecule has 0 radical (unpaired) electrons. The quantitative estimate of drug-likeness (QED) is 0.874. The summed E-state index contributed by atoms with van der Waals surface area (Å²) in [6, 6.07) is 6.38. The maximum absolute atomic E-state index is 12.0. The number of aromatic nitrogens is 1. The van der Waals surface area contributed by atoms with Gasteiger partial charge >= 0.3 is 0 Å². The van der Waals surface area contributed by atoms with Crippen molar-refractivity contribution < 1.29 is 12.8 Å². The summed E-state index contributed by atoms with van der Waals surface area (Å²) in [5, 5.41) is -0.0550. The van der Waals surface area contributed by atoms with Crippen LogP contribution in [0.3, 0.4) is 0 Å². The van der Waals surface area contributed by atoms with E-state index < -0.39 is 10.0 Å². The molecular formula is C11H11ClN2O3S. The molecule has 0 aliphatic rings. The molecule has 2 aromatic rings. The Labute approximate surface area is 110 Å². The second-order valence-corrected chi connectivity index (χ2v) is 5.72. The molecule has 0 aliphatic heterocycles. The molecule has 18 heavy (non-hydrogen) atoms. The fourth-order valence-corrected chi connectivity index (χ4v) is 2.84. The highest BCUT2D eigenvalue weighted by Gasteiger charge is 2.18. The molecule has 2 aromatic heterocycles. The number of aryl methyl sites for hydroxylation is 1. The Hall–Kier alpha value is -1.37. The van der Waals surface area contributed by atoms with Crippen LogP contribution in [0.4, 0.5) is 0 Å². The van der Waals surface area contributed by atoms with Gasteiger partial charge in [0.25, 0.3) is 0 Å². The zero-order valence-corrected chi connectivity index (χ0v) is 11.1. The Morgan fingerprint density at radius 3 is 2.78 bits per heavy atom. The van der Waals surface area contributed by atoms with E-state index in [-0.39, 0.29) is 16.6 Å². The molecule has 0 unspecified atom stereocenters. The summed E-state index contributed by atoms with van der Waals surface area (Å²) in [6.45, 7) is 1.86. The van der Waals surface area contributed by atoms with Gasteiger partial charge in [-0.1, -0.05) is 11.6 Å². The van der Waals surface area contributed by atoms with Gasteiger partial charge in [0.1, 0.15) is 21.6 Å². The summed E-state index contributed by atoms with van der Waals surface area (Å²) in [6.07, 6.45) is 1.43. The Morgan fingerprint density at radius 1 is 1.39 bits per heavy atom. The van der Waals surface area contributed by atoms with Crippen LogP contribution in [-0.4, -0.2) is 13.4 Å². The van der Waals surface area contributed by atoms with E-state index in [0.717, 1.165) is 5.76 Å². The van der Waals surface area contributed by atoms with Crippen LogP contribution in [0.15, 0.2) is 39.8 Å². The third-order valence-corrected chi connectivity index (χ3v) is 4.09. The van der Waals surface area contributed by atoms with E-state index in [0.29, 0.717) is 5.76 Å². The Bertz CT molecular complexity index is 652. The molecule has 0 aromatic carbocycles. The minimum absolute atomic E-state index is 0.0463. The lowest BCUT2D eigenvalue weighted by molar-refractivity contribution is 0.475. The lowest BCUT2D eigenvalue weighted by Gasteiger charge is -2.06. The predicted molar refractivity (Wildman–Crippen MR) is 66.7 cm³/mol. The topological polar surface area (TPSA) is 72.2 Å². The molecule has 5 nitrogen and oxygen atoms in total. The maximum Gasteiger partial charge on any atom is 0.244 e.